The van der Waals surface area contributed by atoms with Crippen LogP contribution in [0.3, 0.4) is 0 Å². The molecule has 0 radical (unpaired) electrons. The van der Waals surface area contributed by atoms with Crippen molar-refractivity contribution < 1.29 is 19.6 Å². The van der Waals surface area contributed by atoms with Crippen LogP contribution >= 0.6 is 0 Å². The minimum Gasteiger partial charge on any atom is -0.494 e. The van der Waals surface area contributed by atoms with Gasteiger partial charge in [0, 0.05) is 35.1 Å². The average Bonchev–Trinajstić information content (AvgIpc) is 3.16. The van der Waals surface area contributed by atoms with Crippen LogP contribution in [0.4, 0.5) is 16.2 Å². The van der Waals surface area contributed by atoms with E-state index in [1.807, 2.05) is 42.5 Å². The van der Waals surface area contributed by atoms with Crippen molar-refractivity contribution in [1.29, 1.82) is 0 Å². The Morgan fingerprint density at radius 3 is 2.42 bits per heavy atom. The number of aliphatic imine (C=N–C) groups is 1. The highest BCUT2D eigenvalue weighted by molar-refractivity contribution is 6.22. The largest absolute Gasteiger partial charge is 0.494 e. The molecular weight excluding hydrogens is 460 g/mol. The molecule has 9 heteroatoms. The van der Waals surface area contributed by atoms with E-state index < -0.39 is 16.6 Å². The van der Waals surface area contributed by atoms with Gasteiger partial charge in [0.1, 0.15) is 5.60 Å². The molecule has 0 fully saturated rings. The fourth-order valence-electron chi connectivity index (χ4n) is 3.69. The Morgan fingerprint density at radius 1 is 1.08 bits per heavy atom. The lowest BCUT2D eigenvalue weighted by atomic mass is 10.0. The average molecular weight is 487 g/mol. The number of nitro benzene ring substituents is 1. The molecule has 3 aromatic carbocycles. The van der Waals surface area contributed by atoms with Gasteiger partial charge in [-0.05, 0) is 44.5 Å². The SMILES string of the molecule is CC(C)(C)OC(=O)NCc1ccc(N=C(c2ccccc2)c2c(O)[nH]c3ccc([N+](=O)[O-])cc23)cc1. The number of fused-ring (bicyclic) bond motifs is 1. The summed E-state index contributed by atoms with van der Waals surface area (Å²) in [5.41, 5.74) is 2.91. The molecule has 1 aromatic heterocycles. The van der Waals surface area contributed by atoms with E-state index in [1.165, 1.54) is 12.1 Å². The molecule has 0 unspecified atom stereocenters. The van der Waals surface area contributed by atoms with Crippen molar-refractivity contribution in [3.05, 3.63) is 99.6 Å². The van der Waals surface area contributed by atoms with Crippen LogP contribution in [-0.2, 0) is 11.3 Å². The lowest BCUT2D eigenvalue weighted by Gasteiger charge is -2.19. The van der Waals surface area contributed by atoms with E-state index in [9.17, 15) is 20.0 Å². The van der Waals surface area contributed by atoms with E-state index in [1.54, 1.807) is 39.0 Å². The summed E-state index contributed by atoms with van der Waals surface area (Å²) >= 11 is 0. The third-order valence-corrected chi connectivity index (χ3v) is 5.27. The summed E-state index contributed by atoms with van der Waals surface area (Å²) in [6.07, 6.45) is -0.500. The first-order valence-corrected chi connectivity index (χ1v) is 11.3. The van der Waals surface area contributed by atoms with Gasteiger partial charge < -0.3 is 20.1 Å². The second-order valence-corrected chi connectivity index (χ2v) is 9.18. The third-order valence-electron chi connectivity index (χ3n) is 5.27. The normalized spacial score (nSPS) is 11.9. The first-order valence-electron chi connectivity index (χ1n) is 11.3. The van der Waals surface area contributed by atoms with Gasteiger partial charge in [0.2, 0.25) is 0 Å². The number of carbonyl (C=O) groups excluding carboxylic acids is 1. The molecule has 0 atom stereocenters. The highest BCUT2D eigenvalue weighted by atomic mass is 16.6. The number of rotatable bonds is 6. The maximum Gasteiger partial charge on any atom is 0.407 e. The van der Waals surface area contributed by atoms with Gasteiger partial charge in [-0.25, -0.2) is 9.79 Å². The number of alkyl carbamates (subject to hydrolysis) is 1. The summed E-state index contributed by atoms with van der Waals surface area (Å²) in [7, 11) is 0. The monoisotopic (exact) mass is 486 g/mol. The molecule has 4 rings (SSSR count). The predicted molar refractivity (Wildman–Crippen MR) is 138 cm³/mol. The summed E-state index contributed by atoms with van der Waals surface area (Å²) in [4.78, 5) is 30.5. The molecule has 0 aliphatic heterocycles. The van der Waals surface area contributed by atoms with Crippen LogP contribution < -0.4 is 5.32 Å². The number of benzene rings is 3. The number of nitrogens with one attached hydrogen (secondary N) is 2. The van der Waals surface area contributed by atoms with Gasteiger partial charge in [0.05, 0.1) is 21.9 Å². The summed E-state index contributed by atoms with van der Waals surface area (Å²) in [5.74, 6) is -0.133. The molecule has 0 aliphatic rings. The quantitative estimate of drug-likeness (QED) is 0.175. The molecule has 0 saturated heterocycles. The minimum absolute atomic E-state index is 0.0861. The van der Waals surface area contributed by atoms with Crippen LogP contribution in [0.15, 0.2) is 77.8 Å². The van der Waals surface area contributed by atoms with Crippen molar-refractivity contribution in [3.8, 4) is 5.88 Å². The number of non-ortho nitro benzene ring substituents is 1. The zero-order valence-electron chi connectivity index (χ0n) is 20.1. The van der Waals surface area contributed by atoms with Crippen molar-refractivity contribution in [2.45, 2.75) is 32.9 Å². The number of aromatic amines is 1. The molecule has 0 saturated carbocycles. The fourth-order valence-corrected chi connectivity index (χ4v) is 3.69. The Balaban J connectivity index is 1.69. The van der Waals surface area contributed by atoms with Crippen LogP contribution in [-0.4, -0.2) is 32.4 Å². The summed E-state index contributed by atoms with van der Waals surface area (Å²) in [6.45, 7) is 5.69. The molecule has 3 N–H and O–H groups in total. The van der Waals surface area contributed by atoms with Crippen LogP contribution in [0.25, 0.3) is 10.9 Å². The van der Waals surface area contributed by atoms with Gasteiger partial charge in [-0.2, -0.15) is 0 Å². The number of nitro groups is 1. The zero-order valence-corrected chi connectivity index (χ0v) is 20.1. The molecule has 36 heavy (non-hydrogen) atoms. The van der Waals surface area contributed by atoms with E-state index >= 15 is 0 Å². The second-order valence-electron chi connectivity index (χ2n) is 9.18. The molecule has 0 spiro atoms. The number of hydrogen-bond acceptors (Lipinski definition) is 6. The standard InChI is InChI=1S/C27H26N4O5/c1-27(2,3)36-26(33)28-16-17-9-11-19(12-10-17)29-24(18-7-5-4-6-8-18)23-21-15-20(31(34)35)13-14-22(21)30-25(23)32/h4-15,30,32H,16H2,1-3H3,(H,28,33). The fraction of sp³-hybridized carbons (Fsp3) is 0.185. The highest BCUT2D eigenvalue weighted by Crippen LogP contribution is 2.33. The topological polar surface area (TPSA) is 130 Å². The molecule has 0 bridgehead atoms. The highest BCUT2D eigenvalue weighted by Gasteiger charge is 2.21. The Morgan fingerprint density at radius 2 is 1.78 bits per heavy atom. The lowest BCUT2D eigenvalue weighted by Crippen LogP contribution is -2.32. The number of aromatic nitrogens is 1. The Hall–Kier alpha value is -4.66. The van der Waals surface area contributed by atoms with Crippen LogP contribution in [0.5, 0.6) is 5.88 Å². The number of aromatic hydroxyl groups is 1. The van der Waals surface area contributed by atoms with Crippen molar-refractivity contribution in [2.24, 2.45) is 4.99 Å². The van der Waals surface area contributed by atoms with Gasteiger partial charge in [-0.3, -0.25) is 10.1 Å². The Labute approximate surface area is 207 Å². The smallest absolute Gasteiger partial charge is 0.407 e. The van der Waals surface area contributed by atoms with Gasteiger partial charge in [0.25, 0.3) is 5.69 Å². The molecule has 1 amide bonds. The van der Waals surface area contributed by atoms with E-state index in [4.69, 9.17) is 9.73 Å². The van der Waals surface area contributed by atoms with Crippen LogP contribution in [0.2, 0.25) is 0 Å². The maximum absolute atomic E-state index is 11.9. The summed E-state index contributed by atoms with van der Waals surface area (Å²) in [6, 6.07) is 20.9. The second kappa shape index (κ2) is 9.91. The Kier molecular flexibility index (Phi) is 6.73. The Bertz CT molecular complexity index is 1440. The predicted octanol–water partition coefficient (Wildman–Crippen LogP) is 5.98. The molecular formula is C27H26N4O5. The first-order chi connectivity index (χ1) is 17.1. The van der Waals surface area contributed by atoms with Crippen molar-refractivity contribution in [2.75, 3.05) is 0 Å². The summed E-state index contributed by atoms with van der Waals surface area (Å²) < 4.78 is 5.25. The van der Waals surface area contributed by atoms with E-state index in [-0.39, 0.29) is 18.1 Å². The number of H-pyrrole nitrogens is 1. The minimum atomic E-state index is -0.578. The van der Waals surface area contributed by atoms with Crippen molar-refractivity contribution in [1.82, 2.24) is 10.3 Å². The maximum atomic E-state index is 11.9. The first kappa shape index (κ1) is 24.5. The molecule has 4 aromatic rings. The zero-order chi connectivity index (χ0) is 25.9. The molecule has 1 heterocycles. The van der Waals surface area contributed by atoms with Gasteiger partial charge in [-0.1, -0.05) is 42.5 Å². The number of carbonyl (C=O) groups is 1. The van der Waals surface area contributed by atoms with Gasteiger partial charge in [-0.15, -0.1) is 0 Å². The van der Waals surface area contributed by atoms with Crippen LogP contribution in [0.1, 0.15) is 37.5 Å². The van der Waals surface area contributed by atoms with E-state index in [2.05, 4.69) is 10.3 Å². The van der Waals surface area contributed by atoms with Crippen molar-refractivity contribution in [3.63, 3.8) is 0 Å². The van der Waals surface area contributed by atoms with Gasteiger partial charge >= 0.3 is 6.09 Å². The molecule has 184 valence electrons. The summed E-state index contributed by atoms with van der Waals surface area (Å²) in [5, 5.41) is 25.3. The third kappa shape index (κ3) is 5.69. The lowest BCUT2D eigenvalue weighted by molar-refractivity contribution is -0.384. The number of amides is 1. The van der Waals surface area contributed by atoms with Gasteiger partial charge in [0.15, 0.2) is 5.88 Å². The van der Waals surface area contributed by atoms with E-state index in [0.29, 0.717) is 27.9 Å². The molecule has 9 nitrogen and oxygen atoms in total. The molecule has 0 aliphatic carbocycles. The number of hydrogen-bond donors (Lipinski definition) is 3. The van der Waals surface area contributed by atoms with Crippen molar-refractivity contribution >= 4 is 34.1 Å². The van der Waals surface area contributed by atoms with E-state index in [0.717, 1.165) is 11.1 Å². The van der Waals surface area contributed by atoms with Crippen LogP contribution in [0, 0.1) is 10.1 Å². The number of ether oxygens (including phenoxy) is 1. The number of nitrogens with zero attached hydrogens (tertiary/aromatic N) is 2.